The zero-order chi connectivity index (χ0) is 13.3. The molecule has 1 aromatic heterocycles. The SMILES string of the molecule is CCCNCCCS(=O)(=O)NCc1ccccn1. The standard InChI is InChI=1S/C12H21N3O2S/c1-2-7-13-8-5-10-18(16,17)15-11-12-6-3-4-9-14-12/h3-4,6,9,13,15H,2,5,7-8,10-11H2,1H3. The summed E-state index contributed by atoms with van der Waals surface area (Å²) in [5.74, 6) is 0.149. The largest absolute Gasteiger partial charge is 0.317 e. The van der Waals surface area contributed by atoms with Crippen LogP contribution in [0.25, 0.3) is 0 Å². The van der Waals surface area contributed by atoms with Crippen LogP contribution in [-0.4, -0.2) is 32.2 Å². The van der Waals surface area contributed by atoms with Crippen LogP contribution in [0.3, 0.4) is 0 Å². The fourth-order valence-electron chi connectivity index (χ4n) is 1.45. The molecule has 2 N–H and O–H groups in total. The summed E-state index contributed by atoms with van der Waals surface area (Å²) in [6.45, 7) is 4.00. The molecule has 1 heterocycles. The van der Waals surface area contributed by atoms with Crippen LogP contribution in [0.15, 0.2) is 24.4 Å². The fourth-order valence-corrected chi connectivity index (χ4v) is 2.48. The molecule has 5 nitrogen and oxygen atoms in total. The van der Waals surface area contributed by atoms with Gasteiger partial charge in [-0.1, -0.05) is 13.0 Å². The van der Waals surface area contributed by atoms with E-state index >= 15 is 0 Å². The van der Waals surface area contributed by atoms with E-state index in [1.54, 1.807) is 18.3 Å². The molecular weight excluding hydrogens is 250 g/mol. The molecular formula is C12H21N3O2S. The Hall–Kier alpha value is -0.980. The molecule has 0 unspecified atom stereocenters. The van der Waals surface area contributed by atoms with Crippen molar-refractivity contribution >= 4 is 10.0 Å². The number of rotatable bonds is 9. The van der Waals surface area contributed by atoms with E-state index < -0.39 is 10.0 Å². The molecule has 0 saturated heterocycles. The molecule has 0 aliphatic carbocycles. The fraction of sp³-hybridized carbons (Fsp3) is 0.583. The molecule has 6 heteroatoms. The lowest BCUT2D eigenvalue weighted by atomic mass is 10.4. The molecule has 1 aromatic rings. The third kappa shape index (κ3) is 6.68. The van der Waals surface area contributed by atoms with E-state index in [-0.39, 0.29) is 12.3 Å². The highest BCUT2D eigenvalue weighted by Crippen LogP contribution is 1.95. The van der Waals surface area contributed by atoms with Gasteiger partial charge in [0.2, 0.25) is 10.0 Å². The molecule has 0 aliphatic rings. The van der Waals surface area contributed by atoms with Crippen LogP contribution >= 0.6 is 0 Å². The van der Waals surface area contributed by atoms with Crippen molar-refractivity contribution in [3.05, 3.63) is 30.1 Å². The van der Waals surface area contributed by atoms with Crippen molar-refractivity contribution in [2.75, 3.05) is 18.8 Å². The second kappa shape index (κ2) is 8.18. The predicted molar refractivity (Wildman–Crippen MR) is 72.6 cm³/mol. The molecule has 0 spiro atoms. The lowest BCUT2D eigenvalue weighted by Crippen LogP contribution is -2.28. The Labute approximate surface area is 109 Å². The minimum absolute atomic E-state index is 0.149. The maximum atomic E-state index is 11.7. The van der Waals surface area contributed by atoms with Crippen molar-refractivity contribution in [2.24, 2.45) is 0 Å². The molecule has 0 saturated carbocycles. The number of sulfonamides is 1. The molecule has 102 valence electrons. The maximum Gasteiger partial charge on any atom is 0.211 e. The van der Waals surface area contributed by atoms with Crippen molar-refractivity contribution in [1.29, 1.82) is 0 Å². The van der Waals surface area contributed by atoms with Crippen LogP contribution in [0.5, 0.6) is 0 Å². The first-order valence-corrected chi connectivity index (χ1v) is 7.87. The number of nitrogens with one attached hydrogen (secondary N) is 2. The molecule has 1 rings (SSSR count). The number of nitrogens with zero attached hydrogens (tertiary/aromatic N) is 1. The Morgan fingerprint density at radius 1 is 1.28 bits per heavy atom. The Morgan fingerprint density at radius 2 is 2.11 bits per heavy atom. The summed E-state index contributed by atoms with van der Waals surface area (Å²) in [6, 6.07) is 5.44. The first kappa shape index (κ1) is 15.1. The lowest BCUT2D eigenvalue weighted by Gasteiger charge is -2.06. The van der Waals surface area contributed by atoms with Gasteiger partial charge in [0.15, 0.2) is 0 Å². The van der Waals surface area contributed by atoms with Crippen LogP contribution in [-0.2, 0) is 16.6 Å². The van der Waals surface area contributed by atoms with Crippen molar-refractivity contribution in [3.8, 4) is 0 Å². The maximum absolute atomic E-state index is 11.7. The van der Waals surface area contributed by atoms with E-state index in [1.165, 1.54) is 0 Å². The first-order valence-electron chi connectivity index (χ1n) is 6.22. The topological polar surface area (TPSA) is 71.1 Å². The van der Waals surface area contributed by atoms with Gasteiger partial charge in [-0.2, -0.15) is 0 Å². The Balaban J connectivity index is 2.23. The van der Waals surface area contributed by atoms with Crippen LogP contribution in [0.4, 0.5) is 0 Å². The summed E-state index contributed by atoms with van der Waals surface area (Å²) in [5.41, 5.74) is 0.727. The highest BCUT2D eigenvalue weighted by atomic mass is 32.2. The van der Waals surface area contributed by atoms with Gasteiger partial charge in [0.25, 0.3) is 0 Å². The third-order valence-electron chi connectivity index (χ3n) is 2.39. The Kier molecular flexibility index (Phi) is 6.85. The van der Waals surface area contributed by atoms with Crippen LogP contribution in [0, 0.1) is 0 Å². The number of hydrogen-bond donors (Lipinski definition) is 2. The second-order valence-corrected chi connectivity index (χ2v) is 5.99. The molecule has 0 bridgehead atoms. The van der Waals surface area contributed by atoms with Crippen LogP contribution in [0.2, 0.25) is 0 Å². The lowest BCUT2D eigenvalue weighted by molar-refractivity contribution is 0.573. The second-order valence-electron chi connectivity index (χ2n) is 4.06. The van der Waals surface area contributed by atoms with Gasteiger partial charge in [0.1, 0.15) is 0 Å². The molecule has 0 atom stereocenters. The van der Waals surface area contributed by atoms with Gasteiger partial charge in [0, 0.05) is 6.20 Å². The van der Waals surface area contributed by atoms with Crippen molar-refractivity contribution < 1.29 is 8.42 Å². The quantitative estimate of drug-likeness (QED) is 0.654. The van der Waals surface area contributed by atoms with E-state index in [0.29, 0.717) is 6.42 Å². The zero-order valence-corrected chi connectivity index (χ0v) is 11.5. The Bertz CT molecular complexity index is 420. The highest BCUT2D eigenvalue weighted by Gasteiger charge is 2.09. The summed E-state index contributed by atoms with van der Waals surface area (Å²) in [4.78, 5) is 4.06. The molecule has 0 radical (unpaired) electrons. The summed E-state index contributed by atoms with van der Waals surface area (Å²) in [7, 11) is -3.20. The van der Waals surface area contributed by atoms with Crippen molar-refractivity contribution in [1.82, 2.24) is 15.0 Å². The van der Waals surface area contributed by atoms with E-state index in [0.717, 1.165) is 25.2 Å². The van der Waals surface area contributed by atoms with Gasteiger partial charge >= 0.3 is 0 Å². The van der Waals surface area contributed by atoms with E-state index in [4.69, 9.17) is 0 Å². The summed E-state index contributed by atoms with van der Waals surface area (Å²) < 4.78 is 25.9. The molecule has 0 fully saturated rings. The van der Waals surface area contributed by atoms with Gasteiger partial charge in [-0.25, -0.2) is 13.1 Å². The molecule has 0 amide bonds. The smallest absolute Gasteiger partial charge is 0.211 e. The third-order valence-corrected chi connectivity index (χ3v) is 3.80. The average Bonchev–Trinajstić information content (AvgIpc) is 2.38. The zero-order valence-electron chi connectivity index (χ0n) is 10.7. The highest BCUT2D eigenvalue weighted by molar-refractivity contribution is 7.89. The molecule has 18 heavy (non-hydrogen) atoms. The number of pyridine rings is 1. The molecule has 0 aliphatic heterocycles. The summed E-state index contributed by atoms with van der Waals surface area (Å²) >= 11 is 0. The van der Waals surface area contributed by atoms with E-state index in [1.807, 2.05) is 6.07 Å². The monoisotopic (exact) mass is 271 g/mol. The van der Waals surface area contributed by atoms with Gasteiger partial charge in [-0.05, 0) is 38.1 Å². The number of aromatic nitrogens is 1. The van der Waals surface area contributed by atoms with Crippen molar-refractivity contribution in [3.63, 3.8) is 0 Å². The van der Waals surface area contributed by atoms with Crippen molar-refractivity contribution in [2.45, 2.75) is 26.3 Å². The van der Waals surface area contributed by atoms with Gasteiger partial charge in [0.05, 0.1) is 18.0 Å². The predicted octanol–water partition coefficient (Wildman–Crippen LogP) is 0.891. The minimum atomic E-state index is -3.20. The van der Waals surface area contributed by atoms with Crippen LogP contribution < -0.4 is 10.0 Å². The average molecular weight is 271 g/mol. The molecule has 0 aromatic carbocycles. The summed E-state index contributed by atoms with van der Waals surface area (Å²) in [6.07, 6.45) is 3.33. The van der Waals surface area contributed by atoms with Crippen LogP contribution in [0.1, 0.15) is 25.5 Å². The minimum Gasteiger partial charge on any atom is -0.317 e. The van der Waals surface area contributed by atoms with E-state index in [2.05, 4.69) is 21.9 Å². The normalized spacial score (nSPS) is 11.6. The Morgan fingerprint density at radius 3 is 2.78 bits per heavy atom. The van der Waals surface area contributed by atoms with E-state index in [9.17, 15) is 8.42 Å². The van der Waals surface area contributed by atoms with Gasteiger partial charge in [-0.15, -0.1) is 0 Å². The number of hydrogen-bond acceptors (Lipinski definition) is 4. The first-order chi connectivity index (χ1) is 8.64. The van der Waals surface area contributed by atoms with Gasteiger partial charge < -0.3 is 5.32 Å². The van der Waals surface area contributed by atoms with Gasteiger partial charge in [-0.3, -0.25) is 4.98 Å². The summed E-state index contributed by atoms with van der Waals surface area (Å²) in [5, 5.41) is 3.18.